The van der Waals surface area contributed by atoms with Gasteiger partial charge >= 0.3 is 5.91 Å². The minimum Gasteiger partial charge on any atom is -0.452 e. The third kappa shape index (κ3) is 4.63. The van der Waals surface area contributed by atoms with Gasteiger partial charge in [-0.3, -0.25) is 20.3 Å². The third-order valence-electron chi connectivity index (χ3n) is 2.78. The Kier molecular flexibility index (Phi) is 5.45. The summed E-state index contributed by atoms with van der Waals surface area (Å²) in [5.41, 5.74) is 2.33. The predicted molar refractivity (Wildman–Crippen MR) is 88.2 cm³/mol. The standard InChI is InChI=1S/C15H12BrN3O4/c16-11-4-6-13(7-5-11)23-14(15(20)18-17)9-10-2-1-3-12(8-10)19(21)22/h1-9H,17H2,(H,18,20)/b14-9-. The van der Waals surface area contributed by atoms with Gasteiger partial charge in [0.1, 0.15) is 5.75 Å². The van der Waals surface area contributed by atoms with Crippen LogP contribution in [-0.2, 0) is 4.79 Å². The van der Waals surface area contributed by atoms with E-state index in [1.807, 2.05) is 5.43 Å². The lowest BCUT2D eigenvalue weighted by molar-refractivity contribution is -0.384. The van der Waals surface area contributed by atoms with E-state index >= 15 is 0 Å². The van der Waals surface area contributed by atoms with Crippen molar-refractivity contribution in [1.29, 1.82) is 0 Å². The zero-order chi connectivity index (χ0) is 16.8. The van der Waals surface area contributed by atoms with Crippen LogP contribution in [0.2, 0.25) is 0 Å². The number of ether oxygens (including phenoxy) is 1. The second-order valence-corrected chi connectivity index (χ2v) is 5.31. The zero-order valence-electron chi connectivity index (χ0n) is 11.7. The molecule has 0 atom stereocenters. The number of nitrogens with one attached hydrogen (secondary N) is 1. The molecule has 0 saturated carbocycles. The lowest BCUT2D eigenvalue weighted by Crippen LogP contribution is -2.33. The van der Waals surface area contributed by atoms with Crippen molar-refractivity contribution in [3.05, 3.63) is 74.4 Å². The maximum Gasteiger partial charge on any atom is 0.300 e. The molecule has 0 unspecified atom stereocenters. The van der Waals surface area contributed by atoms with Crippen molar-refractivity contribution in [2.45, 2.75) is 0 Å². The number of nitro benzene ring substituents is 1. The van der Waals surface area contributed by atoms with E-state index in [9.17, 15) is 14.9 Å². The molecule has 1 amide bonds. The molecule has 2 rings (SSSR count). The van der Waals surface area contributed by atoms with E-state index in [1.165, 1.54) is 24.3 Å². The first kappa shape index (κ1) is 16.7. The number of amides is 1. The molecular weight excluding hydrogens is 366 g/mol. The molecule has 118 valence electrons. The number of hydrogen-bond donors (Lipinski definition) is 2. The van der Waals surface area contributed by atoms with Crippen LogP contribution in [0.5, 0.6) is 5.75 Å². The second kappa shape index (κ2) is 7.52. The van der Waals surface area contributed by atoms with Crippen molar-refractivity contribution >= 4 is 33.6 Å². The smallest absolute Gasteiger partial charge is 0.300 e. The summed E-state index contributed by atoms with van der Waals surface area (Å²) in [5.74, 6) is 4.83. The number of nitrogens with two attached hydrogens (primary N) is 1. The van der Waals surface area contributed by atoms with Gasteiger partial charge in [0.25, 0.3) is 5.69 Å². The highest BCUT2D eigenvalue weighted by molar-refractivity contribution is 9.10. The first-order valence-corrected chi connectivity index (χ1v) is 7.19. The van der Waals surface area contributed by atoms with E-state index < -0.39 is 10.8 Å². The Bertz CT molecular complexity index is 760. The molecule has 0 spiro atoms. The van der Waals surface area contributed by atoms with E-state index in [4.69, 9.17) is 10.6 Å². The Labute approximate surface area is 140 Å². The van der Waals surface area contributed by atoms with Gasteiger partial charge in [0, 0.05) is 16.6 Å². The first-order valence-electron chi connectivity index (χ1n) is 6.40. The molecule has 3 N–H and O–H groups in total. The monoisotopic (exact) mass is 377 g/mol. The fourth-order valence-electron chi connectivity index (χ4n) is 1.72. The summed E-state index contributed by atoms with van der Waals surface area (Å²) in [7, 11) is 0. The Balaban J connectivity index is 2.34. The molecule has 0 aliphatic rings. The summed E-state index contributed by atoms with van der Waals surface area (Å²) in [6.07, 6.45) is 1.37. The predicted octanol–water partition coefficient (Wildman–Crippen LogP) is 2.77. The molecule has 0 bridgehead atoms. The molecule has 0 heterocycles. The van der Waals surface area contributed by atoms with Gasteiger partial charge in [-0.15, -0.1) is 0 Å². The Morgan fingerprint density at radius 2 is 1.96 bits per heavy atom. The maximum absolute atomic E-state index is 11.8. The molecular formula is C15H12BrN3O4. The van der Waals surface area contributed by atoms with Gasteiger partial charge in [-0.05, 0) is 35.9 Å². The minimum atomic E-state index is -0.653. The van der Waals surface area contributed by atoms with Crippen LogP contribution >= 0.6 is 15.9 Å². The van der Waals surface area contributed by atoms with Crippen molar-refractivity contribution < 1.29 is 14.5 Å². The fraction of sp³-hybridized carbons (Fsp3) is 0. The summed E-state index contributed by atoms with van der Waals surface area (Å²) >= 11 is 3.30. The number of nitrogens with zero attached hydrogens (tertiary/aromatic N) is 1. The number of nitro groups is 1. The number of rotatable bonds is 5. The van der Waals surface area contributed by atoms with Crippen molar-refractivity contribution in [3.63, 3.8) is 0 Å². The number of hydrogen-bond acceptors (Lipinski definition) is 5. The fourth-order valence-corrected chi connectivity index (χ4v) is 1.99. The maximum atomic E-state index is 11.8. The second-order valence-electron chi connectivity index (χ2n) is 4.39. The van der Waals surface area contributed by atoms with Crippen LogP contribution in [0.1, 0.15) is 5.56 Å². The summed E-state index contributed by atoms with van der Waals surface area (Å²) in [6, 6.07) is 12.6. The van der Waals surface area contributed by atoms with Crippen LogP contribution in [-0.4, -0.2) is 10.8 Å². The molecule has 0 aliphatic heterocycles. The Morgan fingerprint density at radius 1 is 1.26 bits per heavy atom. The van der Waals surface area contributed by atoms with E-state index in [1.54, 1.807) is 30.3 Å². The molecule has 2 aromatic rings. The molecule has 7 nitrogen and oxygen atoms in total. The van der Waals surface area contributed by atoms with Crippen molar-refractivity contribution in [3.8, 4) is 5.75 Å². The summed E-state index contributed by atoms with van der Waals surface area (Å²) in [5, 5.41) is 10.8. The number of benzene rings is 2. The van der Waals surface area contributed by atoms with Crippen molar-refractivity contribution in [2.24, 2.45) is 5.84 Å². The number of halogens is 1. The van der Waals surface area contributed by atoms with Crippen LogP contribution < -0.4 is 16.0 Å². The average Bonchev–Trinajstić information content (AvgIpc) is 2.55. The summed E-state index contributed by atoms with van der Waals surface area (Å²) < 4.78 is 6.36. The highest BCUT2D eigenvalue weighted by Crippen LogP contribution is 2.21. The van der Waals surface area contributed by atoms with E-state index in [-0.39, 0.29) is 11.4 Å². The quantitative estimate of drug-likeness (QED) is 0.208. The average molecular weight is 378 g/mol. The largest absolute Gasteiger partial charge is 0.452 e. The highest BCUT2D eigenvalue weighted by atomic mass is 79.9. The number of carbonyl (C=O) groups is 1. The minimum absolute atomic E-state index is 0.0877. The van der Waals surface area contributed by atoms with Gasteiger partial charge in [-0.25, -0.2) is 5.84 Å². The summed E-state index contributed by atoms with van der Waals surface area (Å²) in [4.78, 5) is 22.1. The number of hydrazine groups is 1. The molecule has 0 saturated heterocycles. The SMILES string of the molecule is NNC(=O)/C(=C/c1cccc([N+](=O)[O-])c1)Oc1ccc(Br)cc1. The van der Waals surface area contributed by atoms with Gasteiger partial charge < -0.3 is 4.74 Å². The van der Waals surface area contributed by atoms with Gasteiger partial charge in [-0.2, -0.15) is 0 Å². The van der Waals surface area contributed by atoms with Gasteiger partial charge in [0.05, 0.1) is 4.92 Å². The third-order valence-corrected chi connectivity index (χ3v) is 3.30. The molecule has 2 aromatic carbocycles. The topological polar surface area (TPSA) is 107 Å². The molecule has 0 aromatic heterocycles. The normalized spacial score (nSPS) is 11.0. The molecule has 23 heavy (non-hydrogen) atoms. The van der Waals surface area contributed by atoms with Crippen LogP contribution in [0.4, 0.5) is 5.69 Å². The lowest BCUT2D eigenvalue weighted by atomic mass is 10.2. The van der Waals surface area contributed by atoms with Gasteiger partial charge in [0.2, 0.25) is 0 Å². The molecule has 0 radical (unpaired) electrons. The number of non-ortho nitro benzene ring substituents is 1. The molecule has 8 heteroatoms. The lowest BCUT2D eigenvalue weighted by Gasteiger charge is -2.09. The highest BCUT2D eigenvalue weighted by Gasteiger charge is 2.12. The van der Waals surface area contributed by atoms with E-state index in [0.29, 0.717) is 11.3 Å². The van der Waals surface area contributed by atoms with Gasteiger partial charge in [0.15, 0.2) is 5.76 Å². The molecule has 0 aliphatic carbocycles. The Morgan fingerprint density at radius 3 is 2.57 bits per heavy atom. The Hall–Kier alpha value is -2.71. The number of carbonyl (C=O) groups excluding carboxylic acids is 1. The first-order chi connectivity index (χ1) is 11.0. The van der Waals surface area contributed by atoms with E-state index in [2.05, 4.69) is 15.9 Å². The van der Waals surface area contributed by atoms with E-state index in [0.717, 1.165) is 4.47 Å². The van der Waals surface area contributed by atoms with Gasteiger partial charge in [-0.1, -0.05) is 28.1 Å². The molecule has 0 fully saturated rings. The van der Waals surface area contributed by atoms with Crippen LogP contribution in [0, 0.1) is 10.1 Å². The van der Waals surface area contributed by atoms with Crippen LogP contribution in [0.25, 0.3) is 6.08 Å². The van der Waals surface area contributed by atoms with Crippen molar-refractivity contribution in [1.82, 2.24) is 5.43 Å². The van der Waals surface area contributed by atoms with Crippen molar-refractivity contribution in [2.75, 3.05) is 0 Å². The summed E-state index contributed by atoms with van der Waals surface area (Å²) in [6.45, 7) is 0. The van der Waals surface area contributed by atoms with Crippen LogP contribution in [0.3, 0.4) is 0 Å². The van der Waals surface area contributed by atoms with Crippen LogP contribution in [0.15, 0.2) is 58.8 Å². The zero-order valence-corrected chi connectivity index (χ0v) is 13.3.